The van der Waals surface area contributed by atoms with Gasteiger partial charge in [-0.3, -0.25) is 0 Å². The van der Waals surface area contributed by atoms with E-state index in [4.69, 9.17) is 15.7 Å². The molecule has 0 atom stereocenters. The van der Waals surface area contributed by atoms with Gasteiger partial charge in [0.1, 0.15) is 12.2 Å². The molecule has 0 spiro atoms. The first-order valence-corrected chi connectivity index (χ1v) is 5.52. The number of ether oxygens (including phenoxy) is 1. The van der Waals surface area contributed by atoms with Crippen LogP contribution in [0, 0.1) is 0 Å². The zero-order valence-corrected chi connectivity index (χ0v) is 9.85. The first-order chi connectivity index (χ1) is 7.77. The molecule has 0 aliphatic carbocycles. The number of oxime groups is 1. The Morgan fingerprint density at radius 1 is 1.69 bits per heavy atom. The molecule has 0 bridgehead atoms. The number of hydrogen-bond acceptors (Lipinski definition) is 7. The average molecular weight is 245 g/mol. The van der Waals surface area contributed by atoms with Crippen LogP contribution in [-0.4, -0.2) is 47.2 Å². The summed E-state index contributed by atoms with van der Waals surface area (Å²) in [6.07, 6.45) is 1.98. The molecule has 0 radical (unpaired) electrons. The van der Waals surface area contributed by atoms with Crippen molar-refractivity contribution in [2.24, 2.45) is 10.9 Å². The predicted molar refractivity (Wildman–Crippen MR) is 62.0 cm³/mol. The monoisotopic (exact) mass is 245 g/mol. The molecule has 1 rings (SSSR count). The molecule has 0 aliphatic rings. The highest BCUT2D eigenvalue weighted by molar-refractivity contribution is 7.09. The number of hydrogen-bond donors (Lipinski definition) is 2. The number of anilines is 1. The van der Waals surface area contributed by atoms with Gasteiger partial charge in [0, 0.05) is 38.2 Å². The Balaban J connectivity index is 2.51. The molecule has 0 unspecified atom stereocenters. The highest BCUT2D eigenvalue weighted by Crippen LogP contribution is 2.14. The molecule has 1 aromatic heterocycles. The van der Waals surface area contributed by atoms with Crippen LogP contribution in [0.15, 0.2) is 11.5 Å². The van der Waals surface area contributed by atoms with Gasteiger partial charge in [-0.25, -0.2) is 4.98 Å². The maximum atomic E-state index is 8.45. The van der Waals surface area contributed by atoms with E-state index in [2.05, 4.69) is 14.5 Å². The van der Waals surface area contributed by atoms with Crippen LogP contribution >= 0.6 is 11.5 Å². The molecule has 3 N–H and O–H groups in total. The zero-order valence-electron chi connectivity index (χ0n) is 9.04. The second-order valence-electron chi connectivity index (χ2n) is 3.05. The lowest BCUT2D eigenvalue weighted by atomic mass is 10.3. The second-order valence-corrected chi connectivity index (χ2v) is 3.80. The Bertz CT molecular complexity index is 316. The van der Waals surface area contributed by atoms with Crippen LogP contribution in [0.4, 0.5) is 5.13 Å². The molecule has 0 amide bonds. The molecule has 1 heterocycles. The molecular weight excluding hydrogens is 230 g/mol. The largest absolute Gasteiger partial charge is 0.409 e. The summed E-state index contributed by atoms with van der Waals surface area (Å²) in [5, 5.41) is 12.2. The van der Waals surface area contributed by atoms with Crippen LogP contribution in [0.1, 0.15) is 6.42 Å². The smallest absolute Gasteiger partial charge is 0.205 e. The zero-order chi connectivity index (χ0) is 11.8. The molecule has 0 aliphatic heterocycles. The summed E-state index contributed by atoms with van der Waals surface area (Å²) in [7, 11) is 1.64. The summed E-state index contributed by atoms with van der Waals surface area (Å²) in [5.41, 5.74) is 5.41. The molecule has 16 heavy (non-hydrogen) atoms. The van der Waals surface area contributed by atoms with Crippen molar-refractivity contribution in [3.63, 3.8) is 0 Å². The van der Waals surface area contributed by atoms with Crippen LogP contribution in [-0.2, 0) is 4.74 Å². The van der Waals surface area contributed by atoms with Gasteiger partial charge in [-0.05, 0) is 0 Å². The van der Waals surface area contributed by atoms with Gasteiger partial charge in [0.15, 0.2) is 0 Å². The molecule has 0 saturated heterocycles. The van der Waals surface area contributed by atoms with Gasteiger partial charge >= 0.3 is 0 Å². The summed E-state index contributed by atoms with van der Waals surface area (Å²) in [6, 6.07) is 0. The van der Waals surface area contributed by atoms with Crippen LogP contribution in [0.2, 0.25) is 0 Å². The molecule has 90 valence electrons. The van der Waals surface area contributed by atoms with Crippen molar-refractivity contribution in [2.75, 3.05) is 31.7 Å². The van der Waals surface area contributed by atoms with Crippen LogP contribution in [0.5, 0.6) is 0 Å². The van der Waals surface area contributed by atoms with Gasteiger partial charge < -0.3 is 20.6 Å². The van der Waals surface area contributed by atoms with E-state index < -0.39 is 0 Å². The summed E-state index contributed by atoms with van der Waals surface area (Å²) < 4.78 is 8.94. The summed E-state index contributed by atoms with van der Waals surface area (Å²) >= 11 is 1.31. The van der Waals surface area contributed by atoms with Gasteiger partial charge in [0.2, 0.25) is 5.13 Å². The molecule has 0 aromatic carbocycles. The number of methoxy groups -OCH3 is 1. The van der Waals surface area contributed by atoms with Crippen molar-refractivity contribution in [3.05, 3.63) is 6.33 Å². The summed E-state index contributed by atoms with van der Waals surface area (Å²) in [6.45, 7) is 1.91. The van der Waals surface area contributed by atoms with Crippen molar-refractivity contribution in [1.82, 2.24) is 9.36 Å². The number of nitrogens with two attached hydrogens (primary N) is 1. The van der Waals surface area contributed by atoms with Crippen LogP contribution in [0.3, 0.4) is 0 Å². The van der Waals surface area contributed by atoms with E-state index in [-0.39, 0.29) is 5.84 Å². The molecule has 1 aromatic rings. The highest BCUT2D eigenvalue weighted by atomic mass is 32.1. The minimum Gasteiger partial charge on any atom is -0.409 e. The minimum atomic E-state index is 0.201. The Kier molecular flexibility index (Phi) is 5.51. The fourth-order valence-electron chi connectivity index (χ4n) is 1.11. The van der Waals surface area contributed by atoms with E-state index >= 15 is 0 Å². The van der Waals surface area contributed by atoms with E-state index in [9.17, 15) is 0 Å². The van der Waals surface area contributed by atoms with E-state index in [1.54, 1.807) is 7.11 Å². The van der Waals surface area contributed by atoms with Crippen molar-refractivity contribution in [2.45, 2.75) is 6.42 Å². The molecule has 0 saturated carbocycles. The minimum absolute atomic E-state index is 0.201. The van der Waals surface area contributed by atoms with Crippen molar-refractivity contribution in [3.8, 4) is 0 Å². The van der Waals surface area contributed by atoms with E-state index in [0.29, 0.717) is 26.1 Å². The second kappa shape index (κ2) is 6.96. The molecule has 8 heteroatoms. The Morgan fingerprint density at radius 3 is 3.06 bits per heavy atom. The van der Waals surface area contributed by atoms with Gasteiger partial charge in [-0.15, -0.1) is 0 Å². The van der Waals surface area contributed by atoms with Gasteiger partial charge in [-0.1, -0.05) is 5.16 Å². The van der Waals surface area contributed by atoms with Crippen LogP contribution < -0.4 is 10.6 Å². The topological polar surface area (TPSA) is 96.9 Å². The van der Waals surface area contributed by atoms with Gasteiger partial charge in [0.25, 0.3) is 0 Å². The Morgan fingerprint density at radius 2 is 2.50 bits per heavy atom. The number of rotatable bonds is 7. The first kappa shape index (κ1) is 12.7. The molecule has 7 nitrogen and oxygen atoms in total. The molecular formula is C8H15N5O2S. The summed E-state index contributed by atoms with van der Waals surface area (Å²) in [5.74, 6) is 0.201. The first-order valence-electron chi connectivity index (χ1n) is 4.75. The van der Waals surface area contributed by atoms with Crippen molar-refractivity contribution >= 4 is 22.5 Å². The normalized spacial score (nSPS) is 11.7. The van der Waals surface area contributed by atoms with Gasteiger partial charge in [0.05, 0.1) is 6.61 Å². The lowest BCUT2D eigenvalue weighted by Gasteiger charge is -2.20. The standard InChI is InChI=1S/C8H15N5O2S/c1-15-5-4-13(3-2-7(9)12-14)8-10-6-11-16-8/h6,14H,2-5H2,1H3,(H2,9,12). The molecule has 0 fully saturated rings. The third kappa shape index (κ3) is 3.99. The van der Waals surface area contributed by atoms with E-state index in [0.717, 1.165) is 5.13 Å². The van der Waals surface area contributed by atoms with Crippen LogP contribution in [0.25, 0.3) is 0 Å². The Labute approximate surface area is 97.7 Å². The summed E-state index contributed by atoms with van der Waals surface area (Å²) in [4.78, 5) is 6.09. The number of amidine groups is 1. The van der Waals surface area contributed by atoms with E-state index in [1.165, 1.54) is 17.9 Å². The fourth-order valence-corrected chi connectivity index (χ4v) is 1.69. The lowest BCUT2D eigenvalue weighted by molar-refractivity contribution is 0.205. The maximum Gasteiger partial charge on any atom is 0.205 e. The van der Waals surface area contributed by atoms with E-state index in [1.807, 2.05) is 4.90 Å². The number of aromatic nitrogens is 2. The third-order valence-corrected chi connectivity index (χ3v) is 2.68. The Hall–Kier alpha value is -1.41. The lowest BCUT2D eigenvalue weighted by Crippen LogP contribution is -2.31. The van der Waals surface area contributed by atoms with Gasteiger partial charge in [-0.2, -0.15) is 4.37 Å². The number of nitrogens with zero attached hydrogens (tertiary/aromatic N) is 4. The SMILES string of the molecule is COCCN(CCC(N)=NO)c1ncns1. The maximum absolute atomic E-state index is 8.45. The predicted octanol–water partition coefficient (Wildman–Crippen LogP) is 0.127. The highest BCUT2D eigenvalue weighted by Gasteiger charge is 2.10. The quantitative estimate of drug-likeness (QED) is 0.307. The van der Waals surface area contributed by atoms with Crippen molar-refractivity contribution in [1.29, 1.82) is 0 Å². The average Bonchev–Trinajstić information content (AvgIpc) is 2.82. The third-order valence-electron chi connectivity index (χ3n) is 1.95. The fraction of sp³-hybridized carbons (Fsp3) is 0.625. The van der Waals surface area contributed by atoms with Crippen molar-refractivity contribution < 1.29 is 9.94 Å².